The molecule has 0 aromatic carbocycles. The number of hydrogen-bond acceptors (Lipinski definition) is 1. The maximum atomic E-state index is 9.45. The summed E-state index contributed by atoms with van der Waals surface area (Å²) in [6, 6.07) is 0. The van der Waals surface area contributed by atoms with Crippen LogP contribution in [-0.4, -0.2) is 6.29 Å². The molecule has 1 radical (unpaired) electrons. The Morgan fingerprint density at radius 2 is 2.33 bits per heavy atom. The number of carbonyl (C=O) groups excluding carboxylic acids is 1. The van der Waals surface area contributed by atoms with Crippen LogP contribution in [0.2, 0.25) is 0 Å². The van der Waals surface area contributed by atoms with Gasteiger partial charge in [0.05, 0.1) is 0 Å². The van der Waals surface area contributed by atoms with E-state index < -0.39 is 0 Å². The second-order valence-electron chi connectivity index (χ2n) is 0.853. The number of carbonyl (C=O) groups is 1. The van der Waals surface area contributed by atoms with Crippen LogP contribution in [0.4, 0.5) is 0 Å². The lowest BCUT2D eigenvalue weighted by Crippen LogP contribution is -1.56. The van der Waals surface area contributed by atoms with E-state index in [1.807, 2.05) is 0 Å². The molecule has 0 heterocycles. The molecular formula is C5H7O. The molecule has 0 bridgehead atoms. The minimum atomic E-state index is 0.693. The average molecular weight is 83.1 g/mol. The van der Waals surface area contributed by atoms with Crippen molar-refractivity contribution < 1.29 is 4.79 Å². The molecule has 0 aromatic heterocycles. The highest BCUT2D eigenvalue weighted by molar-refractivity contribution is 5.64. The van der Waals surface area contributed by atoms with Crippen LogP contribution in [-0.2, 0) is 4.79 Å². The van der Waals surface area contributed by atoms with Crippen LogP contribution < -0.4 is 0 Å². The first-order chi connectivity index (χ1) is 2.91. The Balaban J connectivity index is 2.94. The summed E-state index contributed by atoms with van der Waals surface area (Å²) >= 11 is 0. The molecule has 0 rings (SSSR count). The van der Waals surface area contributed by atoms with Gasteiger partial charge in [-0.15, -0.1) is 0 Å². The molecule has 33 valence electrons. The van der Waals surface area contributed by atoms with E-state index in [1.54, 1.807) is 6.08 Å². The van der Waals surface area contributed by atoms with E-state index in [2.05, 4.69) is 6.92 Å². The van der Waals surface area contributed by atoms with Crippen molar-refractivity contribution in [2.45, 2.75) is 6.42 Å². The molecule has 0 unspecified atom stereocenters. The summed E-state index contributed by atoms with van der Waals surface area (Å²) in [5.41, 5.74) is 0. The van der Waals surface area contributed by atoms with Crippen LogP contribution in [0.5, 0.6) is 0 Å². The zero-order chi connectivity index (χ0) is 4.83. The molecule has 0 atom stereocenters. The first kappa shape index (κ1) is 5.41. The normalized spacial score (nSPS) is 9.50. The summed E-state index contributed by atoms with van der Waals surface area (Å²) in [7, 11) is 0. The third-order valence-corrected chi connectivity index (χ3v) is 0.381. The van der Waals surface area contributed by atoms with Gasteiger partial charge in [-0.05, 0) is 19.4 Å². The lowest BCUT2D eigenvalue weighted by Gasteiger charge is -1.64. The van der Waals surface area contributed by atoms with E-state index in [0.717, 1.165) is 6.29 Å². The minimum absolute atomic E-state index is 0.693. The van der Waals surface area contributed by atoms with Gasteiger partial charge in [-0.2, -0.15) is 0 Å². The monoisotopic (exact) mass is 83.0 g/mol. The Morgan fingerprint density at radius 1 is 1.67 bits per heavy atom. The molecule has 1 heteroatoms. The second-order valence-corrected chi connectivity index (χ2v) is 0.853. The van der Waals surface area contributed by atoms with Gasteiger partial charge < -0.3 is 0 Å². The van der Waals surface area contributed by atoms with Gasteiger partial charge in [0.1, 0.15) is 6.29 Å². The van der Waals surface area contributed by atoms with Crippen molar-refractivity contribution >= 4 is 6.29 Å². The van der Waals surface area contributed by atoms with Crippen LogP contribution in [0.3, 0.4) is 0 Å². The Morgan fingerprint density at radius 3 is 2.50 bits per heavy atom. The van der Waals surface area contributed by atoms with Gasteiger partial charge in [-0.25, -0.2) is 0 Å². The first-order valence-corrected chi connectivity index (χ1v) is 1.81. The highest BCUT2D eigenvalue weighted by Gasteiger charge is 1.58. The molecule has 1 nitrogen and oxygen atoms in total. The maximum Gasteiger partial charge on any atom is 0.142 e. The Labute approximate surface area is 37.7 Å². The number of aldehydes is 1. The fourth-order valence-corrected chi connectivity index (χ4v) is 0.152. The maximum absolute atomic E-state index is 9.45. The van der Waals surface area contributed by atoms with E-state index in [9.17, 15) is 4.79 Å². The van der Waals surface area contributed by atoms with Gasteiger partial charge in [0.15, 0.2) is 0 Å². The van der Waals surface area contributed by atoms with Gasteiger partial charge >= 0.3 is 0 Å². The molecule has 0 aliphatic carbocycles. The molecule has 0 amide bonds. The van der Waals surface area contributed by atoms with Crippen molar-refractivity contribution in [3.05, 3.63) is 19.1 Å². The summed E-state index contributed by atoms with van der Waals surface area (Å²) in [5.74, 6) is 0. The van der Waals surface area contributed by atoms with E-state index in [0.29, 0.717) is 6.42 Å². The summed E-state index contributed by atoms with van der Waals surface area (Å²) in [6.45, 7) is 3.48. The predicted octanol–water partition coefficient (Wildman–Crippen LogP) is 0.966. The predicted molar refractivity (Wildman–Crippen MR) is 25.2 cm³/mol. The molecular weight excluding hydrogens is 76.1 g/mol. The third-order valence-electron chi connectivity index (χ3n) is 0.381. The van der Waals surface area contributed by atoms with Gasteiger partial charge in [-0.3, -0.25) is 4.79 Å². The molecule has 0 aliphatic rings. The largest absolute Gasteiger partial charge is 0.299 e. The summed E-state index contributed by atoms with van der Waals surface area (Å²) in [5, 5.41) is 0. The van der Waals surface area contributed by atoms with Crippen LogP contribution in [0.1, 0.15) is 6.42 Å². The van der Waals surface area contributed by atoms with Crippen molar-refractivity contribution in [3.63, 3.8) is 0 Å². The molecule has 0 N–H and O–H groups in total. The molecule has 6 heavy (non-hydrogen) atoms. The fraction of sp³-hybridized carbons (Fsp3) is 0.200. The zero-order valence-electron chi connectivity index (χ0n) is 3.55. The summed E-state index contributed by atoms with van der Waals surface area (Å²) in [4.78, 5) is 9.45. The summed E-state index contributed by atoms with van der Waals surface area (Å²) in [6.07, 6.45) is 4.57. The quantitative estimate of drug-likeness (QED) is 0.359. The molecule has 0 saturated carbocycles. The Kier molecular flexibility index (Phi) is 3.98. The van der Waals surface area contributed by atoms with E-state index in [-0.39, 0.29) is 0 Å². The number of hydrogen-bond donors (Lipinski definition) is 0. The van der Waals surface area contributed by atoms with E-state index in [1.165, 1.54) is 6.08 Å². The van der Waals surface area contributed by atoms with Gasteiger partial charge in [0, 0.05) is 0 Å². The number of allylic oxidation sites excluding steroid dienone is 2. The lowest BCUT2D eigenvalue weighted by molar-refractivity contribution is -0.104. The standard InChI is InChI=1S/C5H7O/c1-2-3-4-5-6/h3-5H,1-2H2/b4-3+. The van der Waals surface area contributed by atoms with Crippen LogP contribution in [0.15, 0.2) is 12.2 Å². The third kappa shape index (κ3) is 3.41. The number of rotatable bonds is 2. The zero-order valence-corrected chi connectivity index (χ0v) is 3.55. The fourth-order valence-electron chi connectivity index (χ4n) is 0.152. The van der Waals surface area contributed by atoms with Crippen molar-refractivity contribution in [2.24, 2.45) is 0 Å². The minimum Gasteiger partial charge on any atom is -0.299 e. The molecule has 0 saturated heterocycles. The lowest BCUT2D eigenvalue weighted by atomic mass is 10.4. The summed E-state index contributed by atoms with van der Waals surface area (Å²) < 4.78 is 0. The van der Waals surface area contributed by atoms with Crippen LogP contribution >= 0.6 is 0 Å². The highest BCUT2D eigenvalue weighted by Crippen LogP contribution is 1.72. The van der Waals surface area contributed by atoms with Gasteiger partial charge in [0.25, 0.3) is 0 Å². The van der Waals surface area contributed by atoms with Crippen molar-refractivity contribution in [3.8, 4) is 0 Å². The van der Waals surface area contributed by atoms with Gasteiger partial charge in [-0.1, -0.05) is 6.08 Å². The SMILES string of the molecule is [CH2]C/C=C/C=O. The molecule has 0 aliphatic heterocycles. The first-order valence-electron chi connectivity index (χ1n) is 1.81. The van der Waals surface area contributed by atoms with E-state index >= 15 is 0 Å². The molecule has 0 spiro atoms. The topological polar surface area (TPSA) is 17.1 Å². The second kappa shape index (κ2) is 4.41. The van der Waals surface area contributed by atoms with Crippen molar-refractivity contribution in [1.82, 2.24) is 0 Å². The molecule has 0 fully saturated rings. The highest BCUT2D eigenvalue weighted by atomic mass is 16.1. The van der Waals surface area contributed by atoms with Crippen molar-refractivity contribution in [2.75, 3.05) is 0 Å². The van der Waals surface area contributed by atoms with Crippen LogP contribution in [0, 0.1) is 6.92 Å². The molecule has 0 aromatic rings. The Hall–Kier alpha value is -0.590. The smallest absolute Gasteiger partial charge is 0.142 e. The van der Waals surface area contributed by atoms with Crippen molar-refractivity contribution in [1.29, 1.82) is 0 Å². The average Bonchev–Trinajstić information content (AvgIpc) is 1.61. The Bertz CT molecular complexity index is 55.0. The van der Waals surface area contributed by atoms with E-state index in [4.69, 9.17) is 0 Å². The van der Waals surface area contributed by atoms with Gasteiger partial charge in [0.2, 0.25) is 0 Å². The van der Waals surface area contributed by atoms with Crippen LogP contribution in [0.25, 0.3) is 0 Å².